The monoisotopic (exact) mass is 493 g/mol. The van der Waals surface area contributed by atoms with E-state index >= 15 is 0 Å². The maximum atomic E-state index is 13.7. The van der Waals surface area contributed by atoms with Crippen molar-refractivity contribution in [3.05, 3.63) is 41.1 Å². The molecule has 0 saturated carbocycles. The zero-order valence-corrected chi connectivity index (χ0v) is 18.8. The highest BCUT2D eigenvalue weighted by atomic mass is 19.4. The number of hydrogen-bond donors (Lipinski definition) is 3. The van der Waals surface area contributed by atoms with Gasteiger partial charge in [-0.1, -0.05) is 0 Å². The molecule has 5 N–H and O–H groups in total. The molecule has 4 rings (SSSR count). The van der Waals surface area contributed by atoms with E-state index in [4.69, 9.17) is 16.2 Å². The number of carbonyl (C=O) groups excluding carboxylic acids is 2. The first kappa shape index (κ1) is 24.7. The Kier molecular flexibility index (Phi) is 7.08. The van der Waals surface area contributed by atoms with Crippen molar-refractivity contribution in [3.8, 4) is 0 Å². The summed E-state index contributed by atoms with van der Waals surface area (Å²) in [5.74, 6) is -1.20. The average molecular weight is 493 g/mol. The van der Waals surface area contributed by atoms with Crippen LogP contribution in [-0.4, -0.2) is 72.1 Å². The molecule has 1 atom stereocenters. The standard InChI is InChI=1S/C22H26F3N7O3/c23-22(24,25)14-8-13(20(34)31-4-6-35-7-5-31)9-16(10-14)29-19-17(18(27)33)11-28-21(30-19)32-3-1-2-15(26)12-32/h8-11,15H,1-7,12,26H2,(H2,27,33)(H,28,29,30). The highest BCUT2D eigenvalue weighted by Gasteiger charge is 2.33. The predicted octanol–water partition coefficient (Wildman–Crippen LogP) is 1.74. The highest BCUT2D eigenvalue weighted by Crippen LogP contribution is 2.33. The summed E-state index contributed by atoms with van der Waals surface area (Å²) in [6.07, 6.45) is -1.80. The van der Waals surface area contributed by atoms with E-state index in [1.165, 1.54) is 17.2 Å². The van der Waals surface area contributed by atoms with Crippen LogP contribution in [0.3, 0.4) is 0 Å². The molecule has 0 radical (unpaired) electrons. The molecule has 2 fully saturated rings. The summed E-state index contributed by atoms with van der Waals surface area (Å²) < 4.78 is 46.2. The zero-order valence-electron chi connectivity index (χ0n) is 18.8. The van der Waals surface area contributed by atoms with Crippen LogP contribution in [0.1, 0.15) is 39.1 Å². The quantitative estimate of drug-likeness (QED) is 0.572. The maximum absolute atomic E-state index is 13.7. The van der Waals surface area contributed by atoms with Crippen molar-refractivity contribution in [1.29, 1.82) is 0 Å². The lowest BCUT2D eigenvalue weighted by atomic mass is 10.1. The van der Waals surface area contributed by atoms with Crippen molar-refractivity contribution < 1.29 is 27.5 Å². The van der Waals surface area contributed by atoms with Gasteiger partial charge >= 0.3 is 6.18 Å². The molecule has 2 saturated heterocycles. The van der Waals surface area contributed by atoms with Gasteiger partial charge in [0.1, 0.15) is 11.4 Å². The van der Waals surface area contributed by atoms with Crippen LogP contribution >= 0.6 is 0 Å². The van der Waals surface area contributed by atoms with E-state index < -0.39 is 23.6 Å². The Morgan fingerprint density at radius 1 is 1.14 bits per heavy atom. The Bertz CT molecular complexity index is 1110. The second kappa shape index (κ2) is 10.0. The van der Waals surface area contributed by atoms with Crippen LogP contribution in [-0.2, 0) is 10.9 Å². The van der Waals surface area contributed by atoms with Crippen molar-refractivity contribution in [1.82, 2.24) is 14.9 Å². The molecule has 10 nitrogen and oxygen atoms in total. The van der Waals surface area contributed by atoms with Crippen molar-refractivity contribution in [2.24, 2.45) is 11.5 Å². The maximum Gasteiger partial charge on any atom is 0.416 e. The van der Waals surface area contributed by atoms with Crippen molar-refractivity contribution in [3.63, 3.8) is 0 Å². The van der Waals surface area contributed by atoms with Gasteiger partial charge in [0.2, 0.25) is 5.95 Å². The molecule has 0 bridgehead atoms. The number of benzene rings is 1. The zero-order chi connectivity index (χ0) is 25.2. The third-order valence-corrected chi connectivity index (χ3v) is 5.85. The molecule has 1 aromatic carbocycles. The summed E-state index contributed by atoms with van der Waals surface area (Å²) in [7, 11) is 0. The largest absolute Gasteiger partial charge is 0.416 e. The molecule has 0 aliphatic carbocycles. The second-order valence-corrected chi connectivity index (χ2v) is 8.47. The van der Waals surface area contributed by atoms with Crippen LogP contribution in [0.5, 0.6) is 0 Å². The number of hydrogen-bond acceptors (Lipinski definition) is 8. The Morgan fingerprint density at radius 3 is 2.54 bits per heavy atom. The number of halogens is 3. The minimum absolute atomic E-state index is 0.0641. The van der Waals surface area contributed by atoms with Gasteiger partial charge in [0, 0.05) is 49.7 Å². The van der Waals surface area contributed by atoms with Gasteiger partial charge in [0.05, 0.1) is 18.8 Å². The first-order valence-electron chi connectivity index (χ1n) is 11.2. The molecular formula is C22H26F3N7O3. The lowest BCUT2D eigenvalue weighted by Gasteiger charge is -2.31. The Hall–Kier alpha value is -3.45. The SMILES string of the molecule is NC(=O)c1cnc(N2CCCC(N)C2)nc1Nc1cc(C(=O)N2CCOCC2)cc(C(F)(F)F)c1. The molecule has 0 spiro atoms. The number of carbonyl (C=O) groups is 2. The fraction of sp³-hybridized carbons (Fsp3) is 0.455. The number of morpholine rings is 1. The number of nitrogens with two attached hydrogens (primary N) is 2. The molecule has 2 aliphatic heterocycles. The van der Waals surface area contributed by atoms with E-state index in [2.05, 4.69) is 15.3 Å². The van der Waals surface area contributed by atoms with E-state index in [1.54, 1.807) is 0 Å². The molecule has 3 heterocycles. The number of nitrogens with zero attached hydrogens (tertiary/aromatic N) is 4. The molecule has 1 aromatic heterocycles. The van der Waals surface area contributed by atoms with Crippen LogP contribution in [0.25, 0.3) is 0 Å². The fourth-order valence-electron chi connectivity index (χ4n) is 4.06. The van der Waals surface area contributed by atoms with Crippen molar-refractivity contribution >= 4 is 29.3 Å². The summed E-state index contributed by atoms with van der Waals surface area (Å²) in [4.78, 5) is 36.7. The third-order valence-electron chi connectivity index (χ3n) is 5.85. The lowest BCUT2D eigenvalue weighted by molar-refractivity contribution is -0.137. The van der Waals surface area contributed by atoms with Crippen molar-refractivity contribution in [2.75, 3.05) is 49.6 Å². The first-order valence-corrected chi connectivity index (χ1v) is 11.2. The van der Waals surface area contributed by atoms with Crippen LogP contribution in [0.2, 0.25) is 0 Å². The van der Waals surface area contributed by atoms with Crippen molar-refractivity contribution in [2.45, 2.75) is 25.1 Å². The van der Waals surface area contributed by atoms with E-state index in [0.29, 0.717) is 26.3 Å². The minimum atomic E-state index is -4.70. The summed E-state index contributed by atoms with van der Waals surface area (Å²) in [6.45, 7) is 2.30. The molecule has 2 aromatic rings. The molecule has 13 heteroatoms. The van der Waals surface area contributed by atoms with Gasteiger partial charge in [0.25, 0.3) is 11.8 Å². The lowest BCUT2D eigenvalue weighted by Crippen LogP contribution is -2.43. The van der Waals surface area contributed by atoms with Gasteiger partial charge in [-0.25, -0.2) is 4.98 Å². The molecular weight excluding hydrogens is 467 g/mol. The number of aromatic nitrogens is 2. The third kappa shape index (κ3) is 5.80. The van der Waals surface area contributed by atoms with E-state index in [-0.39, 0.29) is 47.7 Å². The number of nitrogens with one attached hydrogen (secondary N) is 1. The van der Waals surface area contributed by atoms with Crippen LogP contribution in [0.15, 0.2) is 24.4 Å². The first-order chi connectivity index (χ1) is 16.6. The minimum Gasteiger partial charge on any atom is -0.378 e. The number of amides is 2. The molecule has 188 valence electrons. The van der Waals surface area contributed by atoms with E-state index in [9.17, 15) is 22.8 Å². The van der Waals surface area contributed by atoms with E-state index in [0.717, 1.165) is 25.0 Å². The normalized spacial score (nSPS) is 18.9. The number of primary amides is 1. The van der Waals surface area contributed by atoms with Crippen LogP contribution in [0, 0.1) is 0 Å². The van der Waals surface area contributed by atoms with E-state index in [1.807, 2.05) is 4.90 Å². The molecule has 1 unspecified atom stereocenters. The molecule has 35 heavy (non-hydrogen) atoms. The predicted molar refractivity (Wildman–Crippen MR) is 121 cm³/mol. The Balaban J connectivity index is 1.70. The Labute approximate surface area is 199 Å². The van der Waals surface area contributed by atoms with Gasteiger partial charge in [-0.3, -0.25) is 9.59 Å². The van der Waals surface area contributed by atoms with Gasteiger partial charge < -0.3 is 31.3 Å². The topological polar surface area (TPSA) is 140 Å². The number of rotatable bonds is 5. The average Bonchev–Trinajstić information content (AvgIpc) is 2.83. The fourth-order valence-corrected chi connectivity index (χ4v) is 4.06. The van der Waals surface area contributed by atoms with Gasteiger partial charge in [-0.15, -0.1) is 0 Å². The summed E-state index contributed by atoms with van der Waals surface area (Å²) in [5, 5.41) is 2.75. The van der Waals surface area contributed by atoms with Crippen LogP contribution < -0.4 is 21.7 Å². The number of ether oxygens (including phenoxy) is 1. The molecule has 2 amide bonds. The van der Waals surface area contributed by atoms with Gasteiger partial charge in [-0.05, 0) is 31.0 Å². The van der Waals surface area contributed by atoms with Gasteiger partial charge in [-0.2, -0.15) is 18.2 Å². The number of piperidine rings is 1. The molecule has 2 aliphatic rings. The second-order valence-electron chi connectivity index (χ2n) is 8.47. The summed E-state index contributed by atoms with van der Waals surface area (Å²) in [6, 6.07) is 2.87. The van der Waals surface area contributed by atoms with Gasteiger partial charge in [0.15, 0.2) is 0 Å². The summed E-state index contributed by atoms with van der Waals surface area (Å²) in [5.41, 5.74) is 10.1. The Morgan fingerprint density at radius 2 is 1.89 bits per heavy atom. The van der Waals surface area contributed by atoms with Crippen LogP contribution in [0.4, 0.5) is 30.6 Å². The smallest absolute Gasteiger partial charge is 0.378 e. The number of anilines is 3. The highest BCUT2D eigenvalue weighted by molar-refractivity contribution is 5.99. The number of alkyl halides is 3. The summed E-state index contributed by atoms with van der Waals surface area (Å²) >= 11 is 0.